The molecule has 0 aliphatic carbocycles. The van der Waals surface area contributed by atoms with E-state index >= 15 is 0 Å². The average Bonchev–Trinajstić information content (AvgIpc) is 2.06. The van der Waals surface area contributed by atoms with Crippen LogP contribution in [0, 0.1) is 0 Å². The number of rotatable bonds is 0. The van der Waals surface area contributed by atoms with Gasteiger partial charge in [0, 0.05) is 0 Å². The van der Waals surface area contributed by atoms with Crippen LogP contribution in [-0.2, 0) is 0 Å². The average molecular weight is 166 g/mol. The Bertz CT molecular complexity index is 379. The Balaban J connectivity index is 0.000000720. The molecule has 0 aliphatic heterocycles. The first-order chi connectivity index (χ1) is 5.38. The van der Waals surface area contributed by atoms with Crippen molar-refractivity contribution in [3.63, 3.8) is 0 Å². The molecule has 2 aromatic rings. The monoisotopic (exact) mass is 166 g/mol. The van der Waals surface area contributed by atoms with Crippen molar-refractivity contribution in [1.82, 2.24) is 0 Å². The van der Waals surface area contributed by atoms with E-state index in [1.165, 1.54) is 0 Å². The van der Waals surface area contributed by atoms with Gasteiger partial charge in [-0.2, -0.15) is 0 Å². The van der Waals surface area contributed by atoms with Crippen LogP contribution in [0.4, 0.5) is 0 Å². The van der Waals surface area contributed by atoms with Gasteiger partial charge < -0.3 is 5.11 Å². The van der Waals surface area contributed by atoms with Crippen LogP contribution in [0.15, 0.2) is 42.5 Å². The Morgan fingerprint density at radius 3 is 2.25 bits per heavy atom. The summed E-state index contributed by atoms with van der Waals surface area (Å²) in [6, 6.07) is 12.9. The smallest absolute Gasteiger partial charge is 0.872 e. The Morgan fingerprint density at radius 2 is 1.50 bits per heavy atom. The Hall–Kier alpha value is -0.500. The van der Waals surface area contributed by atoms with Gasteiger partial charge in [-0.3, -0.25) is 0 Å². The van der Waals surface area contributed by atoms with Crippen molar-refractivity contribution in [2.45, 2.75) is 0 Å². The molecule has 0 aromatic heterocycles. The van der Waals surface area contributed by atoms with Crippen LogP contribution in [0.25, 0.3) is 10.8 Å². The zero-order valence-corrected chi connectivity index (χ0v) is 8.95. The van der Waals surface area contributed by atoms with Crippen molar-refractivity contribution in [3.05, 3.63) is 42.5 Å². The summed E-state index contributed by atoms with van der Waals surface area (Å²) < 4.78 is 0. The Morgan fingerprint density at radius 1 is 0.833 bits per heavy atom. The number of hydrogen-bond acceptors (Lipinski definition) is 1. The summed E-state index contributed by atoms with van der Waals surface area (Å²) in [5, 5.41) is 13.0. The van der Waals surface area contributed by atoms with Crippen molar-refractivity contribution in [3.8, 4) is 5.75 Å². The van der Waals surface area contributed by atoms with Gasteiger partial charge in [-0.1, -0.05) is 42.5 Å². The van der Waals surface area contributed by atoms with Crippen LogP contribution in [-0.4, -0.2) is 0 Å². The Kier molecular flexibility index (Phi) is 3.15. The van der Waals surface area contributed by atoms with Crippen molar-refractivity contribution < 1.29 is 34.7 Å². The molecule has 2 heteroatoms. The SMILES string of the molecule is [Na+].[O-]c1cccc2ccccc12. The molecule has 2 rings (SSSR count). The molecule has 0 N–H and O–H groups in total. The topological polar surface area (TPSA) is 23.1 Å². The summed E-state index contributed by atoms with van der Waals surface area (Å²) in [6.07, 6.45) is 0. The summed E-state index contributed by atoms with van der Waals surface area (Å²) in [6.45, 7) is 0. The van der Waals surface area contributed by atoms with Gasteiger partial charge in [0.05, 0.1) is 0 Å². The fraction of sp³-hybridized carbons (Fsp3) is 0. The number of fused-ring (bicyclic) bond motifs is 1. The molecule has 0 unspecified atom stereocenters. The molecule has 0 spiro atoms. The minimum atomic E-state index is 0. The maximum Gasteiger partial charge on any atom is 1.00 e. The zero-order chi connectivity index (χ0) is 7.68. The number of benzene rings is 2. The second-order valence-corrected chi connectivity index (χ2v) is 2.48. The first-order valence-electron chi connectivity index (χ1n) is 3.53. The summed E-state index contributed by atoms with van der Waals surface area (Å²) >= 11 is 0. The van der Waals surface area contributed by atoms with Gasteiger partial charge in [-0.25, -0.2) is 0 Å². The third-order valence-corrected chi connectivity index (χ3v) is 1.75. The maximum absolute atomic E-state index is 11.2. The van der Waals surface area contributed by atoms with Crippen molar-refractivity contribution >= 4 is 10.8 Å². The van der Waals surface area contributed by atoms with E-state index in [9.17, 15) is 5.11 Å². The molecule has 0 saturated heterocycles. The minimum Gasteiger partial charge on any atom is -0.872 e. The third-order valence-electron chi connectivity index (χ3n) is 1.75. The van der Waals surface area contributed by atoms with Gasteiger partial charge in [-0.15, -0.1) is 5.75 Å². The molecule has 0 amide bonds. The second-order valence-electron chi connectivity index (χ2n) is 2.48. The van der Waals surface area contributed by atoms with Gasteiger partial charge in [0.25, 0.3) is 0 Å². The van der Waals surface area contributed by atoms with Gasteiger partial charge >= 0.3 is 29.6 Å². The maximum atomic E-state index is 11.2. The summed E-state index contributed by atoms with van der Waals surface area (Å²) in [5.74, 6) is 0.100. The molecular formula is C10H7NaO. The molecule has 54 valence electrons. The van der Waals surface area contributed by atoms with E-state index < -0.39 is 0 Å². The molecule has 12 heavy (non-hydrogen) atoms. The quantitative estimate of drug-likeness (QED) is 0.456. The fourth-order valence-electron chi connectivity index (χ4n) is 1.20. The van der Waals surface area contributed by atoms with Crippen LogP contribution < -0.4 is 34.7 Å². The zero-order valence-electron chi connectivity index (χ0n) is 6.95. The van der Waals surface area contributed by atoms with E-state index in [1.54, 1.807) is 12.1 Å². The Labute approximate surface area is 93.3 Å². The predicted octanol–water partition coefficient (Wildman–Crippen LogP) is -1.08. The van der Waals surface area contributed by atoms with E-state index in [-0.39, 0.29) is 35.3 Å². The van der Waals surface area contributed by atoms with Gasteiger partial charge in [0.2, 0.25) is 0 Å². The molecule has 0 bridgehead atoms. The van der Waals surface area contributed by atoms with E-state index in [0.717, 1.165) is 10.8 Å². The summed E-state index contributed by atoms with van der Waals surface area (Å²) in [5.41, 5.74) is 0. The minimum absolute atomic E-state index is 0. The van der Waals surface area contributed by atoms with Gasteiger partial charge in [0.1, 0.15) is 0 Å². The largest absolute Gasteiger partial charge is 1.00 e. The number of hydrogen-bond donors (Lipinski definition) is 0. The molecule has 0 aliphatic rings. The van der Waals surface area contributed by atoms with Crippen LogP contribution in [0.1, 0.15) is 0 Å². The molecular weight excluding hydrogens is 159 g/mol. The standard InChI is InChI=1S/C10H8O.Na/c11-10-7-3-5-8-4-1-2-6-9(8)10;/h1-7,11H;/q;+1/p-1. The molecule has 0 fully saturated rings. The first kappa shape index (κ1) is 9.59. The first-order valence-corrected chi connectivity index (χ1v) is 3.53. The van der Waals surface area contributed by atoms with Crippen LogP contribution in [0.3, 0.4) is 0 Å². The van der Waals surface area contributed by atoms with E-state index in [2.05, 4.69) is 0 Å². The molecule has 0 heterocycles. The molecule has 1 nitrogen and oxygen atoms in total. The van der Waals surface area contributed by atoms with Crippen LogP contribution in [0.2, 0.25) is 0 Å². The van der Waals surface area contributed by atoms with Gasteiger partial charge in [0.15, 0.2) is 0 Å². The van der Waals surface area contributed by atoms with E-state index in [0.29, 0.717) is 0 Å². The second kappa shape index (κ2) is 3.94. The predicted molar refractivity (Wildman–Crippen MR) is 43.4 cm³/mol. The molecule has 0 radical (unpaired) electrons. The molecule has 0 saturated carbocycles. The van der Waals surface area contributed by atoms with Crippen molar-refractivity contribution in [2.75, 3.05) is 0 Å². The van der Waals surface area contributed by atoms with Gasteiger partial charge in [-0.05, 0) is 10.8 Å². The molecule has 2 aromatic carbocycles. The van der Waals surface area contributed by atoms with Crippen molar-refractivity contribution in [1.29, 1.82) is 0 Å². The third kappa shape index (κ3) is 1.63. The molecule has 0 atom stereocenters. The summed E-state index contributed by atoms with van der Waals surface area (Å²) in [7, 11) is 0. The van der Waals surface area contributed by atoms with Crippen molar-refractivity contribution in [2.24, 2.45) is 0 Å². The van der Waals surface area contributed by atoms with Crippen LogP contribution in [0.5, 0.6) is 5.75 Å². The normalized spacial score (nSPS) is 9.33. The van der Waals surface area contributed by atoms with E-state index in [1.807, 2.05) is 30.3 Å². The summed E-state index contributed by atoms with van der Waals surface area (Å²) in [4.78, 5) is 0. The fourth-order valence-corrected chi connectivity index (χ4v) is 1.20. The van der Waals surface area contributed by atoms with E-state index in [4.69, 9.17) is 0 Å². The van der Waals surface area contributed by atoms with Crippen LogP contribution >= 0.6 is 0 Å².